The lowest BCUT2D eigenvalue weighted by molar-refractivity contribution is 0.112. The first-order valence-corrected chi connectivity index (χ1v) is 6.25. The summed E-state index contributed by atoms with van der Waals surface area (Å²) in [5, 5.41) is 0. The van der Waals surface area contributed by atoms with Crippen molar-refractivity contribution < 1.29 is 4.79 Å². The highest BCUT2D eigenvalue weighted by Gasteiger charge is 2.09. The molecular weight excluding hydrogens is 256 g/mol. The Hall–Kier alpha value is -1.39. The average molecular weight is 267 g/mol. The number of pyridine rings is 1. The fourth-order valence-electron chi connectivity index (χ4n) is 1.57. The molecule has 0 saturated heterocycles. The predicted molar refractivity (Wildman–Crippen MR) is 71.1 cm³/mol. The van der Waals surface area contributed by atoms with Crippen LogP contribution in [0.25, 0.3) is 0 Å². The van der Waals surface area contributed by atoms with Crippen molar-refractivity contribution in [1.82, 2.24) is 4.98 Å². The minimum Gasteiger partial charge on any atom is -0.354 e. The minimum atomic E-state index is 0.595. The van der Waals surface area contributed by atoms with E-state index in [0.29, 0.717) is 17.9 Å². The van der Waals surface area contributed by atoms with Gasteiger partial charge in [-0.3, -0.25) is 4.79 Å². The van der Waals surface area contributed by atoms with E-state index in [1.165, 1.54) is 11.3 Å². The first-order chi connectivity index (χ1) is 8.20. The Labute approximate surface area is 109 Å². The van der Waals surface area contributed by atoms with Gasteiger partial charge in [0.05, 0.1) is 16.4 Å². The Bertz CT molecular complexity index is 527. The van der Waals surface area contributed by atoms with E-state index in [4.69, 9.17) is 11.6 Å². The van der Waals surface area contributed by atoms with E-state index >= 15 is 0 Å². The van der Waals surface area contributed by atoms with Crippen LogP contribution in [0.15, 0.2) is 30.5 Å². The topological polar surface area (TPSA) is 33.2 Å². The van der Waals surface area contributed by atoms with Crippen molar-refractivity contribution in [1.29, 1.82) is 0 Å². The van der Waals surface area contributed by atoms with Crippen LogP contribution >= 0.6 is 22.9 Å². The maximum absolute atomic E-state index is 10.9. The van der Waals surface area contributed by atoms with Crippen molar-refractivity contribution in [3.8, 4) is 0 Å². The molecule has 2 aromatic rings. The van der Waals surface area contributed by atoms with Crippen LogP contribution < -0.4 is 4.90 Å². The Morgan fingerprint density at radius 2 is 2.29 bits per heavy atom. The monoisotopic (exact) mass is 266 g/mol. The molecule has 0 fully saturated rings. The molecule has 0 N–H and O–H groups in total. The van der Waals surface area contributed by atoms with E-state index in [9.17, 15) is 4.79 Å². The number of thiophene rings is 1. The van der Waals surface area contributed by atoms with Crippen LogP contribution in [0, 0.1) is 0 Å². The molecule has 0 spiro atoms. The third-order valence-corrected chi connectivity index (χ3v) is 3.54. The first-order valence-electron chi connectivity index (χ1n) is 5.06. The van der Waals surface area contributed by atoms with E-state index in [1.54, 1.807) is 18.3 Å². The van der Waals surface area contributed by atoms with Crippen molar-refractivity contribution in [2.45, 2.75) is 6.54 Å². The van der Waals surface area contributed by atoms with Gasteiger partial charge in [0.25, 0.3) is 0 Å². The van der Waals surface area contributed by atoms with E-state index in [2.05, 4.69) is 4.98 Å². The summed E-state index contributed by atoms with van der Waals surface area (Å²) in [5.41, 5.74) is 0.595. The van der Waals surface area contributed by atoms with Crippen molar-refractivity contribution in [2.75, 3.05) is 11.9 Å². The van der Waals surface area contributed by atoms with Gasteiger partial charge in [0.2, 0.25) is 0 Å². The molecule has 0 saturated carbocycles. The number of rotatable bonds is 4. The van der Waals surface area contributed by atoms with Gasteiger partial charge in [0.1, 0.15) is 5.82 Å². The zero-order valence-corrected chi connectivity index (χ0v) is 10.8. The molecule has 0 bridgehead atoms. The summed E-state index contributed by atoms with van der Waals surface area (Å²) in [6.45, 7) is 0.690. The van der Waals surface area contributed by atoms with E-state index < -0.39 is 0 Å². The van der Waals surface area contributed by atoms with Gasteiger partial charge in [-0.1, -0.05) is 11.6 Å². The first kappa shape index (κ1) is 12.1. The Kier molecular flexibility index (Phi) is 3.76. The highest BCUT2D eigenvalue weighted by Crippen LogP contribution is 2.24. The molecule has 2 aromatic heterocycles. The highest BCUT2D eigenvalue weighted by molar-refractivity contribution is 7.16. The third kappa shape index (κ3) is 2.84. The number of carbonyl (C=O) groups is 1. The number of hydrogen-bond acceptors (Lipinski definition) is 4. The van der Waals surface area contributed by atoms with Gasteiger partial charge in [-0.25, -0.2) is 4.98 Å². The van der Waals surface area contributed by atoms with Crippen molar-refractivity contribution in [2.24, 2.45) is 0 Å². The quantitative estimate of drug-likeness (QED) is 0.797. The summed E-state index contributed by atoms with van der Waals surface area (Å²) >= 11 is 7.41. The lowest BCUT2D eigenvalue weighted by Crippen LogP contribution is -2.18. The van der Waals surface area contributed by atoms with Crippen molar-refractivity contribution >= 4 is 35.0 Å². The minimum absolute atomic E-state index is 0.595. The number of halogens is 1. The summed E-state index contributed by atoms with van der Waals surface area (Å²) < 4.78 is 0.769. The number of anilines is 1. The molecule has 5 heteroatoms. The molecule has 0 unspecified atom stereocenters. The molecule has 2 heterocycles. The number of carbonyl (C=O) groups excluding carboxylic acids is 1. The summed E-state index contributed by atoms with van der Waals surface area (Å²) in [6.07, 6.45) is 2.50. The van der Waals surface area contributed by atoms with Crippen LogP contribution in [-0.4, -0.2) is 18.3 Å². The van der Waals surface area contributed by atoms with Crippen LogP contribution in [0.5, 0.6) is 0 Å². The van der Waals surface area contributed by atoms with E-state index in [-0.39, 0.29) is 0 Å². The lowest BCUT2D eigenvalue weighted by Gasteiger charge is -2.18. The normalized spacial score (nSPS) is 10.2. The van der Waals surface area contributed by atoms with Gasteiger partial charge in [-0.05, 0) is 24.3 Å². The Morgan fingerprint density at radius 3 is 2.94 bits per heavy atom. The molecule has 0 amide bonds. The Morgan fingerprint density at radius 1 is 1.47 bits per heavy atom. The fourth-order valence-corrected chi connectivity index (χ4v) is 2.71. The maximum atomic E-state index is 10.9. The smallest absolute Gasteiger partial charge is 0.153 e. The van der Waals surface area contributed by atoms with Gasteiger partial charge in [0, 0.05) is 18.1 Å². The van der Waals surface area contributed by atoms with Crippen LogP contribution in [0.2, 0.25) is 4.34 Å². The second kappa shape index (κ2) is 5.29. The third-order valence-electron chi connectivity index (χ3n) is 2.33. The number of aromatic nitrogens is 1. The van der Waals surface area contributed by atoms with E-state index in [1.807, 2.05) is 24.1 Å². The van der Waals surface area contributed by atoms with Crippen LogP contribution in [0.4, 0.5) is 5.82 Å². The predicted octanol–water partition coefficient (Wildman–Crippen LogP) is 3.25. The molecule has 0 aliphatic carbocycles. The number of aldehydes is 1. The maximum Gasteiger partial charge on any atom is 0.153 e. The van der Waals surface area contributed by atoms with Crippen LogP contribution in [0.1, 0.15) is 15.2 Å². The second-order valence-electron chi connectivity index (χ2n) is 3.60. The molecule has 0 aliphatic heterocycles. The van der Waals surface area contributed by atoms with Gasteiger partial charge in [-0.15, -0.1) is 11.3 Å². The lowest BCUT2D eigenvalue weighted by atomic mass is 10.2. The molecular formula is C12H11ClN2OS. The molecule has 2 rings (SSSR count). The molecule has 0 atom stereocenters. The average Bonchev–Trinajstić information content (AvgIpc) is 2.74. The summed E-state index contributed by atoms with van der Waals surface area (Å²) in [6, 6.07) is 7.36. The highest BCUT2D eigenvalue weighted by atomic mass is 35.5. The van der Waals surface area contributed by atoms with Crippen molar-refractivity contribution in [3.63, 3.8) is 0 Å². The molecule has 0 aromatic carbocycles. The molecule has 0 radical (unpaired) electrons. The summed E-state index contributed by atoms with van der Waals surface area (Å²) in [4.78, 5) is 18.2. The largest absolute Gasteiger partial charge is 0.354 e. The molecule has 17 heavy (non-hydrogen) atoms. The number of hydrogen-bond donors (Lipinski definition) is 0. The van der Waals surface area contributed by atoms with Gasteiger partial charge < -0.3 is 4.90 Å². The molecule has 88 valence electrons. The van der Waals surface area contributed by atoms with Crippen molar-refractivity contribution in [3.05, 3.63) is 45.2 Å². The van der Waals surface area contributed by atoms with Gasteiger partial charge in [0.15, 0.2) is 6.29 Å². The fraction of sp³-hybridized carbons (Fsp3) is 0.167. The number of nitrogens with zero attached hydrogens (tertiary/aromatic N) is 2. The van der Waals surface area contributed by atoms with Crippen LogP contribution in [0.3, 0.4) is 0 Å². The van der Waals surface area contributed by atoms with E-state index in [0.717, 1.165) is 15.5 Å². The summed E-state index contributed by atoms with van der Waals surface area (Å²) in [7, 11) is 1.91. The second-order valence-corrected chi connectivity index (χ2v) is 5.40. The Balaban J connectivity index is 2.19. The van der Waals surface area contributed by atoms with Crippen LogP contribution in [-0.2, 0) is 6.54 Å². The van der Waals surface area contributed by atoms with Gasteiger partial charge >= 0.3 is 0 Å². The standard InChI is InChI=1S/C12H11ClN2OS/c1-15(7-10-4-5-11(13)17-10)12-9(8-16)3-2-6-14-12/h2-6,8H,7H2,1H3. The SMILES string of the molecule is CN(Cc1ccc(Cl)s1)c1ncccc1C=O. The molecule has 0 aliphatic rings. The summed E-state index contributed by atoms with van der Waals surface area (Å²) in [5.74, 6) is 0.687. The molecule has 3 nitrogen and oxygen atoms in total. The zero-order valence-electron chi connectivity index (χ0n) is 9.26. The van der Waals surface area contributed by atoms with Gasteiger partial charge in [-0.2, -0.15) is 0 Å². The zero-order chi connectivity index (χ0) is 12.3.